The van der Waals surface area contributed by atoms with Crippen molar-refractivity contribution in [2.45, 2.75) is 40.0 Å². The average molecular weight is 414 g/mol. The molecule has 0 N–H and O–H groups in total. The molecule has 0 bridgehead atoms. The van der Waals surface area contributed by atoms with Gasteiger partial charge in [-0.25, -0.2) is 0 Å². The summed E-state index contributed by atoms with van der Waals surface area (Å²) in [7, 11) is 0. The molecule has 0 saturated carbocycles. The third-order valence-electron chi connectivity index (χ3n) is 5.15. The smallest absolute Gasteiger partial charge is 0.0858 e. The number of nitrogens with zero attached hydrogens (tertiary/aromatic N) is 5. The van der Waals surface area contributed by atoms with E-state index in [4.69, 9.17) is 0 Å². The first-order valence-corrected chi connectivity index (χ1v) is 11.1. The average Bonchev–Trinajstić information content (AvgIpc) is 2.83. The highest BCUT2D eigenvalue weighted by atomic mass is 15.1. The van der Waals surface area contributed by atoms with Crippen molar-refractivity contribution in [3.8, 4) is 0 Å². The second-order valence-corrected chi connectivity index (χ2v) is 7.38. The molecule has 0 radical (unpaired) electrons. The zero-order valence-electron chi connectivity index (χ0n) is 18.7. The molecule has 0 fully saturated rings. The molecule has 5 heteroatoms. The van der Waals surface area contributed by atoms with E-state index in [1.54, 1.807) is 0 Å². The predicted molar refractivity (Wildman–Crippen MR) is 130 cm³/mol. The van der Waals surface area contributed by atoms with Crippen LogP contribution < -0.4 is 4.90 Å². The largest absolute Gasteiger partial charge is 0.372 e. The summed E-state index contributed by atoms with van der Waals surface area (Å²) in [5.41, 5.74) is 5.82. The highest BCUT2D eigenvalue weighted by molar-refractivity contribution is 5.53. The molecule has 5 nitrogen and oxygen atoms in total. The third-order valence-corrected chi connectivity index (χ3v) is 5.15. The van der Waals surface area contributed by atoms with E-state index in [2.05, 4.69) is 70.4 Å². The number of aryl methyl sites for hydroxylation is 1. The zero-order chi connectivity index (χ0) is 21.9. The fraction of sp³-hybridized carbons (Fsp3) is 0.308. The molecule has 160 valence electrons. The van der Waals surface area contributed by atoms with E-state index >= 15 is 0 Å². The number of azo groups is 2. The summed E-state index contributed by atoms with van der Waals surface area (Å²) < 4.78 is 0. The minimum Gasteiger partial charge on any atom is -0.372 e. The van der Waals surface area contributed by atoms with Crippen LogP contribution in [-0.2, 0) is 6.42 Å². The normalized spacial score (nSPS) is 11.5. The molecule has 0 amide bonds. The van der Waals surface area contributed by atoms with Crippen LogP contribution in [0.1, 0.15) is 39.2 Å². The summed E-state index contributed by atoms with van der Waals surface area (Å²) in [6.07, 6.45) is 3.54. The summed E-state index contributed by atoms with van der Waals surface area (Å²) in [5, 5.41) is 17.3. The molecule has 0 aliphatic carbocycles. The Hall–Kier alpha value is -3.34. The Kier molecular flexibility index (Phi) is 8.47. The van der Waals surface area contributed by atoms with Crippen molar-refractivity contribution in [3.05, 3.63) is 78.4 Å². The molecular formula is C26H31N5. The van der Waals surface area contributed by atoms with Gasteiger partial charge in [0.1, 0.15) is 0 Å². The predicted octanol–water partition coefficient (Wildman–Crippen LogP) is 8.71. The van der Waals surface area contributed by atoms with Crippen LogP contribution in [0.5, 0.6) is 0 Å². The van der Waals surface area contributed by atoms with Crippen LogP contribution in [0.15, 0.2) is 93.3 Å². The van der Waals surface area contributed by atoms with Crippen molar-refractivity contribution in [1.29, 1.82) is 0 Å². The summed E-state index contributed by atoms with van der Waals surface area (Å²) in [4.78, 5) is 2.30. The van der Waals surface area contributed by atoms with E-state index in [9.17, 15) is 0 Å². The molecule has 31 heavy (non-hydrogen) atoms. The standard InChI is InChI=1S/C26H31N5/c1-4-7-8-21-9-11-22(12-10-21)27-28-23-13-15-24(16-14-23)29-30-25-17-19-26(20-18-25)31(5-2)6-3/h9-20H,4-8H2,1-3H3. The molecule has 0 aliphatic rings. The molecule has 0 unspecified atom stereocenters. The van der Waals surface area contributed by atoms with Crippen LogP contribution in [0.4, 0.5) is 28.4 Å². The van der Waals surface area contributed by atoms with Gasteiger partial charge in [0.2, 0.25) is 0 Å². The van der Waals surface area contributed by atoms with E-state index in [0.717, 1.165) is 42.3 Å². The number of anilines is 1. The van der Waals surface area contributed by atoms with Crippen molar-refractivity contribution in [2.24, 2.45) is 20.5 Å². The van der Waals surface area contributed by atoms with Gasteiger partial charge in [0.15, 0.2) is 0 Å². The van der Waals surface area contributed by atoms with Gasteiger partial charge in [-0.05, 0) is 92.9 Å². The molecule has 0 aromatic heterocycles. The van der Waals surface area contributed by atoms with Gasteiger partial charge in [-0.1, -0.05) is 25.5 Å². The maximum absolute atomic E-state index is 4.33. The Morgan fingerprint density at radius 1 is 0.548 bits per heavy atom. The Balaban J connectivity index is 1.58. The van der Waals surface area contributed by atoms with Gasteiger partial charge in [0.25, 0.3) is 0 Å². The number of hydrogen-bond acceptors (Lipinski definition) is 5. The summed E-state index contributed by atoms with van der Waals surface area (Å²) in [6.45, 7) is 8.51. The maximum Gasteiger partial charge on any atom is 0.0858 e. The third kappa shape index (κ3) is 6.85. The van der Waals surface area contributed by atoms with Crippen LogP contribution in [0, 0.1) is 0 Å². The van der Waals surface area contributed by atoms with Crippen LogP contribution >= 0.6 is 0 Å². The second-order valence-electron chi connectivity index (χ2n) is 7.38. The topological polar surface area (TPSA) is 52.7 Å². The highest BCUT2D eigenvalue weighted by Gasteiger charge is 2.01. The van der Waals surface area contributed by atoms with Crippen molar-refractivity contribution >= 4 is 28.4 Å². The quantitative estimate of drug-likeness (QED) is 0.307. The van der Waals surface area contributed by atoms with Gasteiger partial charge in [-0.3, -0.25) is 0 Å². The first-order chi connectivity index (χ1) is 15.2. The Labute approximate surface area is 185 Å². The summed E-state index contributed by atoms with van der Waals surface area (Å²) in [6, 6.07) is 24.0. The first kappa shape index (κ1) is 22.3. The highest BCUT2D eigenvalue weighted by Crippen LogP contribution is 2.25. The van der Waals surface area contributed by atoms with E-state index < -0.39 is 0 Å². The van der Waals surface area contributed by atoms with E-state index in [1.165, 1.54) is 24.1 Å². The van der Waals surface area contributed by atoms with Gasteiger partial charge < -0.3 is 4.90 Å². The number of unbranched alkanes of at least 4 members (excludes halogenated alkanes) is 1. The summed E-state index contributed by atoms with van der Waals surface area (Å²) in [5.74, 6) is 0. The maximum atomic E-state index is 4.33. The van der Waals surface area contributed by atoms with Gasteiger partial charge in [-0.2, -0.15) is 20.5 Å². The molecule has 0 heterocycles. The van der Waals surface area contributed by atoms with Gasteiger partial charge in [0.05, 0.1) is 22.7 Å². The van der Waals surface area contributed by atoms with Gasteiger partial charge >= 0.3 is 0 Å². The lowest BCUT2D eigenvalue weighted by molar-refractivity contribution is 0.795. The van der Waals surface area contributed by atoms with Crippen molar-refractivity contribution in [3.63, 3.8) is 0 Å². The molecule has 3 aromatic rings. The fourth-order valence-electron chi connectivity index (χ4n) is 3.25. The van der Waals surface area contributed by atoms with Crippen molar-refractivity contribution < 1.29 is 0 Å². The number of hydrogen-bond donors (Lipinski definition) is 0. The minimum atomic E-state index is 0.784. The Bertz CT molecular complexity index is 970. The molecule has 0 saturated heterocycles. The number of rotatable bonds is 10. The van der Waals surface area contributed by atoms with E-state index in [0.29, 0.717) is 0 Å². The lowest BCUT2D eigenvalue weighted by atomic mass is 10.1. The van der Waals surface area contributed by atoms with Crippen LogP contribution in [0.25, 0.3) is 0 Å². The Morgan fingerprint density at radius 2 is 0.935 bits per heavy atom. The Morgan fingerprint density at radius 3 is 1.32 bits per heavy atom. The van der Waals surface area contributed by atoms with E-state index in [1.807, 2.05) is 48.5 Å². The van der Waals surface area contributed by atoms with Crippen molar-refractivity contribution in [1.82, 2.24) is 0 Å². The minimum absolute atomic E-state index is 0.784. The molecular weight excluding hydrogens is 382 g/mol. The molecule has 3 aromatic carbocycles. The monoisotopic (exact) mass is 413 g/mol. The molecule has 0 atom stereocenters. The van der Waals surface area contributed by atoms with Crippen LogP contribution in [-0.4, -0.2) is 13.1 Å². The fourth-order valence-corrected chi connectivity index (χ4v) is 3.25. The SMILES string of the molecule is CCCCc1ccc(N=Nc2ccc(N=Nc3ccc(N(CC)CC)cc3)cc2)cc1. The summed E-state index contributed by atoms with van der Waals surface area (Å²) >= 11 is 0. The second kappa shape index (κ2) is 11.7. The first-order valence-electron chi connectivity index (χ1n) is 11.1. The van der Waals surface area contributed by atoms with Gasteiger partial charge in [0, 0.05) is 18.8 Å². The van der Waals surface area contributed by atoms with Gasteiger partial charge in [-0.15, -0.1) is 0 Å². The number of benzene rings is 3. The van der Waals surface area contributed by atoms with Crippen molar-refractivity contribution in [2.75, 3.05) is 18.0 Å². The van der Waals surface area contributed by atoms with E-state index in [-0.39, 0.29) is 0 Å². The molecule has 0 spiro atoms. The molecule has 0 aliphatic heterocycles. The molecule has 3 rings (SSSR count). The zero-order valence-corrected chi connectivity index (χ0v) is 18.7. The van der Waals surface area contributed by atoms with Crippen LogP contribution in [0.2, 0.25) is 0 Å². The lowest BCUT2D eigenvalue weighted by Gasteiger charge is -2.20. The van der Waals surface area contributed by atoms with Crippen LogP contribution in [0.3, 0.4) is 0 Å². The lowest BCUT2D eigenvalue weighted by Crippen LogP contribution is -2.21.